The molecule has 0 aliphatic rings. The van der Waals surface area contributed by atoms with Crippen LogP contribution in [0.25, 0.3) is 93.1 Å². The molecule has 0 fully saturated rings. The Bertz CT molecular complexity index is 2790. The minimum atomic E-state index is 0.631. The molecule has 6 heteroatoms. The summed E-state index contributed by atoms with van der Waals surface area (Å²) in [6.45, 7) is 0. The van der Waals surface area contributed by atoms with Gasteiger partial charge in [0.25, 0.3) is 0 Å². The van der Waals surface area contributed by atoms with Crippen molar-refractivity contribution in [1.82, 2.24) is 24.5 Å². The number of benzene rings is 6. The normalized spacial score (nSPS) is 11.6. The summed E-state index contributed by atoms with van der Waals surface area (Å²) >= 11 is 1.80. The monoisotopic (exact) mass is 657 g/mol. The summed E-state index contributed by atoms with van der Waals surface area (Å²) in [5.41, 5.74) is 8.27. The maximum atomic E-state index is 5.18. The zero-order chi connectivity index (χ0) is 33.0. The van der Waals surface area contributed by atoms with Crippen LogP contribution < -0.4 is 0 Å². The molecule has 0 aliphatic heterocycles. The molecule has 0 saturated carbocycles. The lowest BCUT2D eigenvalue weighted by Crippen LogP contribution is -2.00. The van der Waals surface area contributed by atoms with Gasteiger partial charge in [-0.1, -0.05) is 115 Å². The smallest absolute Gasteiger partial charge is 0.165 e. The summed E-state index contributed by atoms with van der Waals surface area (Å²) in [4.78, 5) is 20.1. The molecule has 234 valence electrons. The Morgan fingerprint density at radius 1 is 0.440 bits per heavy atom. The molecule has 4 aromatic heterocycles. The van der Waals surface area contributed by atoms with Gasteiger partial charge in [0.05, 0.1) is 21.4 Å². The number of nitrogens with zero attached hydrogens (tertiary/aromatic N) is 5. The highest BCUT2D eigenvalue weighted by atomic mass is 32.1. The Morgan fingerprint density at radius 3 is 1.76 bits per heavy atom. The predicted molar refractivity (Wildman–Crippen MR) is 207 cm³/mol. The van der Waals surface area contributed by atoms with Crippen LogP contribution in [0.2, 0.25) is 0 Å². The summed E-state index contributed by atoms with van der Waals surface area (Å²) in [7, 11) is 0. The number of fused-ring (bicyclic) bond motifs is 7. The van der Waals surface area contributed by atoms with Crippen molar-refractivity contribution in [2.45, 2.75) is 0 Å². The van der Waals surface area contributed by atoms with Gasteiger partial charge in [-0.2, -0.15) is 0 Å². The van der Waals surface area contributed by atoms with E-state index in [0.29, 0.717) is 17.5 Å². The molecule has 6 aromatic carbocycles. The molecule has 0 atom stereocenters. The first-order chi connectivity index (χ1) is 24.8. The molecule has 10 aromatic rings. The van der Waals surface area contributed by atoms with E-state index >= 15 is 0 Å². The van der Waals surface area contributed by atoms with E-state index in [4.69, 9.17) is 19.9 Å². The van der Waals surface area contributed by atoms with Gasteiger partial charge in [0, 0.05) is 60.4 Å². The second-order valence-corrected chi connectivity index (χ2v) is 13.3. The number of rotatable bonds is 5. The van der Waals surface area contributed by atoms with Crippen molar-refractivity contribution in [2.24, 2.45) is 0 Å². The first kappa shape index (κ1) is 28.5. The Balaban J connectivity index is 1.33. The molecule has 10 rings (SSSR count). The Kier molecular flexibility index (Phi) is 6.60. The molecule has 0 radical (unpaired) electrons. The van der Waals surface area contributed by atoms with E-state index in [2.05, 4.69) is 89.5 Å². The fourth-order valence-corrected chi connectivity index (χ4v) is 8.33. The second-order valence-electron chi connectivity index (χ2n) is 12.3. The van der Waals surface area contributed by atoms with Gasteiger partial charge < -0.3 is 4.57 Å². The Morgan fingerprint density at radius 2 is 1.06 bits per heavy atom. The van der Waals surface area contributed by atoms with E-state index in [1.54, 1.807) is 11.3 Å². The summed E-state index contributed by atoms with van der Waals surface area (Å²) in [5, 5.41) is 4.81. The lowest BCUT2D eigenvalue weighted by atomic mass is 10.0. The highest BCUT2D eigenvalue weighted by Crippen LogP contribution is 2.46. The molecule has 0 unspecified atom stereocenters. The Labute approximate surface area is 291 Å². The molecular weight excluding hydrogens is 631 g/mol. The second kappa shape index (κ2) is 11.6. The largest absolute Gasteiger partial charge is 0.308 e. The minimum absolute atomic E-state index is 0.631. The van der Waals surface area contributed by atoms with E-state index in [1.165, 1.54) is 31.9 Å². The fourth-order valence-electron chi connectivity index (χ4n) is 7.01. The first-order valence-corrected chi connectivity index (χ1v) is 17.4. The first-order valence-electron chi connectivity index (χ1n) is 16.6. The maximum absolute atomic E-state index is 5.18. The van der Waals surface area contributed by atoms with Gasteiger partial charge in [-0.25, -0.2) is 15.0 Å². The molecule has 0 bridgehead atoms. The van der Waals surface area contributed by atoms with Crippen LogP contribution in [0.3, 0.4) is 0 Å². The molecule has 0 saturated heterocycles. The van der Waals surface area contributed by atoms with Crippen molar-refractivity contribution in [2.75, 3.05) is 0 Å². The molecule has 4 heterocycles. The third-order valence-electron chi connectivity index (χ3n) is 9.29. The van der Waals surface area contributed by atoms with Gasteiger partial charge in [-0.3, -0.25) is 4.98 Å². The van der Waals surface area contributed by atoms with E-state index in [0.717, 1.165) is 43.7 Å². The summed E-state index contributed by atoms with van der Waals surface area (Å²) in [6.07, 6.45) is 1.84. The Hall–Kier alpha value is -6.50. The number of hydrogen-bond acceptors (Lipinski definition) is 5. The summed E-state index contributed by atoms with van der Waals surface area (Å²) < 4.78 is 4.75. The minimum Gasteiger partial charge on any atom is -0.308 e. The summed E-state index contributed by atoms with van der Waals surface area (Å²) in [5.74, 6) is 1.91. The predicted octanol–water partition coefficient (Wildman–Crippen LogP) is 11.4. The van der Waals surface area contributed by atoms with E-state index < -0.39 is 0 Å². The number of pyridine rings is 1. The van der Waals surface area contributed by atoms with Crippen LogP contribution in [0, 0.1) is 0 Å². The van der Waals surface area contributed by atoms with Gasteiger partial charge in [0.15, 0.2) is 17.5 Å². The van der Waals surface area contributed by atoms with E-state index in [-0.39, 0.29) is 0 Å². The van der Waals surface area contributed by atoms with Crippen LogP contribution >= 0.6 is 11.3 Å². The zero-order valence-corrected chi connectivity index (χ0v) is 27.5. The number of aromatic nitrogens is 5. The number of para-hydroxylation sites is 2. The molecule has 0 aliphatic carbocycles. The topological polar surface area (TPSA) is 56.5 Å². The third-order valence-corrected chi connectivity index (χ3v) is 10.6. The summed E-state index contributed by atoms with van der Waals surface area (Å²) in [6, 6.07) is 54.7. The SMILES string of the molecule is c1ccc(-c2nc(-c3ccccc3)nc(-c3cc(-c4ccccn4)cc4c3sc3c4ccc4c5ccccc5n(-c5ccccc5)c43)n2)cc1. The van der Waals surface area contributed by atoms with Crippen LogP contribution in [0.5, 0.6) is 0 Å². The molecule has 0 N–H and O–H groups in total. The number of hydrogen-bond donors (Lipinski definition) is 0. The lowest BCUT2D eigenvalue weighted by molar-refractivity contribution is 1.08. The van der Waals surface area contributed by atoms with Crippen LogP contribution in [-0.4, -0.2) is 24.5 Å². The standard InChI is InChI=1S/C44H27N5S/c1-4-14-28(15-5-1)42-46-43(29-16-6-2-7-17-29)48-44(47-42)36-27-30(37-21-12-13-25-45-37)26-35-34-24-23-33-32-20-10-11-22-38(32)49(31-18-8-3-9-19-31)39(33)41(34)50-40(35)36/h1-27H. The van der Waals surface area contributed by atoms with Crippen molar-refractivity contribution < 1.29 is 0 Å². The number of thiophene rings is 1. The fraction of sp³-hybridized carbons (Fsp3) is 0. The zero-order valence-electron chi connectivity index (χ0n) is 26.7. The molecule has 0 amide bonds. The molecule has 5 nitrogen and oxygen atoms in total. The van der Waals surface area contributed by atoms with Crippen molar-refractivity contribution in [1.29, 1.82) is 0 Å². The average Bonchev–Trinajstić information content (AvgIpc) is 3.75. The van der Waals surface area contributed by atoms with Crippen LogP contribution in [0.15, 0.2) is 164 Å². The van der Waals surface area contributed by atoms with Crippen molar-refractivity contribution in [3.63, 3.8) is 0 Å². The van der Waals surface area contributed by atoms with Crippen molar-refractivity contribution in [3.8, 4) is 51.1 Å². The van der Waals surface area contributed by atoms with Gasteiger partial charge in [0.1, 0.15) is 0 Å². The van der Waals surface area contributed by atoms with Gasteiger partial charge in [0.2, 0.25) is 0 Å². The van der Waals surface area contributed by atoms with Crippen LogP contribution in [0.1, 0.15) is 0 Å². The third kappa shape index (κ3) is 4.61. The van der Waals surface area contributed by atoms with Crippen molar-refractivity contribution >= 4 is 53.3 Å². The lowest BCUT2D eigenvalue weighted by Gasteiger charge is -2.11. The highest BCUT2D eigenvalue weighted by molar-refractivity contribution is 7.27. The van der Waals surface area contributed by atoms with Gasteiger partial charge in [-0.15, -0.1) is 11.3 Å². The highest BCUT2D eigenvalue weighted by Gasteiger charge is 2.22. The van der Waals surface area contributed by atoms with Crippen molar-refractivity contribution in [3.05, 3.63) is 164 Å². The quantitative estimate of drug-likeness (QED) is 0.185. The molecular formula is C44H27N5S. The van der Waals surface area contributed by atoms with Crippen LogP contribution in [0.4, 0.5) is 0 Å². The molecule has 50 heavy (non-hydrogen) atoms. The molecule has 0 spiro atoms. The average molecular weight is 658 g/mol. The van der Waals surface area contributed by atoms with E-state index in [1.807, 2.05) is 79.0 Å². The van der Waals surface area contributed by atoms with Crippen LogP contribution in [-0.2, 0) is 0 Å². The van der Waals surface area contributed by atoms with E-state index in [9.17, 15) is 0 Å². The van der Waals surface area contributed by atoms with Gasteiger partial charge in [-0.05, 0) is 42.5 Å². The maximum Gasteiger partial charge on any atom is 0.165 e. The van der Waals surface area contributed by atoms with Gasteiger partial charge >= 0.3 is 0 Å².